The van der Waals surface area contributed by atoms with Crippen LogP contribution in [0.1, 0.15) is 43.4 Å². The molecule has 2 aromatic carbocycles. The van der Waals surface area contributed by atoms with Gasteiger partial charge in [-0.1, -0.05) is 55.8 Å². The van der Waals surface area contributed by atoms with E-state index in [-0.39, 0.29) is 6.10 Å². The third-order valence-corrected chi connectivity index (χ3v) is 4.94. The molecule has 1 N–H and O–H groups in total. The normalized spacial score (nSPS) is 17.2. The Bertz CT molecular complexity index is 602. The smallest absolute Gasteiger partial charge is 0.0819 e. The zero-order valence-electron chi connectivity index (χ0n) is 14.0. The Hall–Kier alpha value is -1.80. The summed E-state index contributed by atoms with van der Waals surface area (Å²) in [6.07, 6.45) is 4.11. The van der Waals surface area contributed by atoms with Gasteiger partial charge in [-0.05, 0) is 48.4 Å². The van der Waals surface area contributed by atoms with Crippen molar-refractivity contribution >= 4 is 5.69 Å². The van der Waals surface area contributed by atoms with Crippen molar-refractivity contribution in [2.45, 2.75) is 38.7 Å². The zero-order valence-corrected chi connectivity index (χ0v) is 14.0. The molecule has 1 fully saturated rings. The lowest BCUT2D eigenvalue weighted by molar-refractivity contribution is 0.0930. The van der Waals surface area contributed by atoms with Crippen LogP contribution in [0.25, 0.3) is 0 Å². The first-order chi connectivity index (χ1) is 11.3. The Morgan fingerprint density at radius 1 is 1.04 bits per heavy atom. The molecule has 1 aliphatic heterocycles. The molecule has 0 amide bonds. The van der Waals surface area contributed by atoms with Crippen LogP contribution in [0.2, 0.25) is 0 Å². The number of aliphatic hydroxyl groups excluding tert-OH is 1. The fraction of sp³-hybridized carbons (Fsp3) is 0.429. The fourth-order valence-corrected chi connectivity index (χ4v) is 3.59. The molecular weight excluding hydrogens is 282 g/mol. The summed E-state index contributed by atoms with van der Waals surface area (Å²) in [5.74, 6) is 0.368. The van der Waals surface area contributed by atoms with Crippen molar-refractivity contribution in [3.8, 4) is 0 Å². The van der Waals surface area contributed by atoms with Crippen molar-refractivity contribution in [1.82, 2.24) is 0 Å². The molecule has 3 rings (SSSR count). The van der Waals surface area contributed by atoms with Crippen LogP contribution in [0.15, 0.2) is 54.6 Å². The lowest BCUT2D eigenvalue weighted by Crippen LogP contribution is -2.35. The van der Waals surface area contributed by atoms with Crippen molar-refractivity contribution in [2.75, 3.05) is 18.0 Å². The number of rotatable bonds is 5. The number of aliphatic hydroxyl groups is 1. The van der Waals surface area contributed by atoms with Crippen molar-refractivity contribution < 1.29 is 5.11 Å². The van der Waals surface area contributed by atoms with E-state index < -0.39 is 0 Å². The maximum atomic E-state index is 10.6. The summed E-state index contributed by atoms with van der Waals surface area (Å²) in [7, 11) is 0. The van der Waals surface area contributed by atoms with Crippen molar-refractivity contribution in [1.29, 1.82) is 0 Å². The standard InChI is InChI=1S/C21H27NO/c1-2-7-17-8-6-11-20(16-17)22-14-12-19(13-15-22)21(23)18-9-4-3-5-10-18/h3-6,8-11,16,19,21,23H,2,7,12-15H2,1H3. The molecule has 1 heterocycles. The van der Waals surface area contributed by atoms with Gasteiger partial charge in [-0.2, -0.15) is 0 Å². The van der Waals surface area contributed by atoms with Gasteiger partial charge in [-0.25, -0.2) is 0 Å². The highest BCUT2D eigenvalue weighted by molar-refractivity contribution is 5.49. The van der Waals surface area contributed by atoms with Crippen LogP contribution in [-0.4, -0.2) is 18.2 Å². The molecule has 2 nitrogen and oxygen atoms in total. The number of piperidine rings is 1. The molecule has 23 heavy (non-hydrogen) atoms. The highest BCUT2D eigenvalue weighted by Crippen LogP contribution is 2.32. The van der Waals surface area contributed by atoms with Gasteiger partial charge in [0.25, 0.3) is 0 Å². The number of hydrogen-bond donors (Lipinski definition) is 1. The van der Waals surface area contributed by atoms with Crippen LogP contribution in [0.5, 0.6) is 0 Å². The maximum absolute atomic E-state index is 10.6. The Labute approximate surface area is 139 Å². The Morgan fingerprint density at radius 3 is 2.48 bits per heavy atom. The molecule has 0 saturated carbocycles. The Morgan fingerprint density at radius 2 is 1.78 bits per heavy atom. The second kappa shape index (κ2) is 7.65. The van der Waals surface area contributed by atoms with Crippen LogP contribution in [0, 0.1) is 5.92 Å². The summed E-state index contributed by atoms with van der Waals surface area (Å²) in [5.41, 5.74) is 3.82. The van der Waals surface area contributed by atoms with E-state index in [9.17, 15) is 5.11 Å². The van der Waals surface area contributed by atoms with E-state index in [0.717, 1.165) is 37.9 Å². The van der Waals surface area contributed by atoms with Crippen LogP contribution in [0.4, 0.5) is 5.69 Å². The predicted octanol–water partition coefficient (Wildman–Crippen LogP) is 4.59. The van der Waals surface area contributed by atoms with Gasteiger partial charge in [-0.15, -0.1) is 0 Å². The van der Waals surface area contributed by atoms with Gasteiger partial charge in [0, 0.05) is 18.8 Å². The van der Waals surface area contributed by atoms with Gasteiger partial charge < -0.3 is 10.0 Å². The van der Waals surface area contributed by atoms with Gasteiger partial charge in [0.05, 0.1) is 6.10 Å². The third-order valence-electron chi connectivity index (χ3n) is 4.94. The second-order valence-corrected chi connectivity index (χ2v) is 6.60. The molecule has 2 aromatic rings. The summed E-state index contributed by atoms with van der Waals surface area (Å²) in [6, 6.07) is 19.0. The van der Waals surface area contributed by atoms with E-state index in [1.165, 1.54) is 17.7 Å². The van der Waals surface area contributed by atoms with Gasteiger partial charge in [-0.3, -0.25) is 0 Å². The average Bonchev–Trinajstić information content (AvgIpc) is 2.62. The van der Waals surface area contributed by atoms with Gasteiger partial charge in [0.1, 0.15) is 0 Å². The topological polar surface area (TPSA) is 23.5 Å². The molecular formula is C21H27NO. The van der Waals surface area contributed by atoms with Crippen molar-refractivity contribution in [3.05, 3.63) is 65.7 Å². The maximum Gasteiger partial charge on any atom is 0.0819 e. The number of nitrogens with zero attached hydrogens (tertiary/aromatic N) is 1. The van der Waals surface area contributed by atoms with E-state index in [1.807, 2.05) is 30.3 Å². The van der Waals surface area contributed by atoms with Crippen molar-refractivity contribution in [3.63, 3.8) is 0 Å². The summed E-state index contributed by atoms with van der Waals surface area (Å²) in [5, 5.41) is 10.6. The third kappa shape index (κ3) is 3.94. The highest BCUT2D eigenvalue weighted by Gasteiger charge is 2.26. The molecule has 0 aromatic heterocycles. The molecule has 122 valence electrons. The fourth-order valence-electron chi connectivity index (χ4n) is 3.59. The first kappa shape index (κ1) is 16.1. The predicted molar refractivity (Wildman–Crippen MR) is 96.8 cm³/mol. The van der Waals surface area contributed by atoms with E-state index in [4.69, 9.17) is 0 Å². The van der Waals surface area contributed by atoms with Crippen molar-refractivity contribution in [2.24, 2.45) is 5.92 Å². The van der Waals surface area contributed by atoms with E-state index in [0.29, 0.717) is 5.92 Å². The largest absolute Gasteiger partial charge is 0.388 e. The SMILES string of the molecule is CCCc1cccc(N2CCC(C(O)c3ccccc3)CC2)c1. The van der Waals surface area contributed by atoms with E-state index >= 15 is 0 Å². The quantitative estimate of drug-likeness (QED) is 0.873. The lowest BCUT2D eigenvalue weighted by Gasteiger charge is -2.36. The number of aryl methyl sites for hydroxylation is 1. The first-order valence-corrected chi connectivity index (χ1v) is 8.85. The Balaban J connectivity index is 1.61. The molecule has 1 aliphatic rings. The summed E-state index contributed by atoms with van der Waals surface area (Å²) < 4.78 is 0. The highest BCUT2D eigenvalue weighted by atomic mass is 16.3. The summed E-state index contributed by atoms with van der Waals surface area (Å²) in [6.45, 7) is 4.29. The Kier molecular flexibility index (Phi) is 5.35. The number of anilines is 1. The summed E-state index contributed by atoms with van der Waals surface area (Å²) in [4.78, 5) is 2.47. The van der Waals surface area contributed by atoms with Gasteiger partial charge >= 0.3 is 0 Å². The molecule has 0 spiro atoms. The molecule has 1 atom stereocenters. The molecule has 2 heteroatoms. The monoisotopic (exact) mass is 309 g/mol. The van der Waals surface area contributed by atoms with Crippen LogP contribution in [-0.2, 0) is 6.42 Å². The molecule has 1 saturated heterocycles. The average molecular weight is 309 g/mol. The minimum Gasteiger partial charge on any atom is -0.388 e. The molecule has 0 radical (unpaired) electrons. The lowest BCUT2D eigenvalue weighted by atomic mass is 9.87. The van der Waals surface area contributed by atoms with Crippen LogP contribution >= 0.6 is 0 Å². The minimum absolute atomic E-state index is 0.329. The van der Waals surface area contributed by atoms with Gasteiger partial charge in [0.2, 0.25) is 0 Å². The van der Waals surface area contributed by atoms with E-state index in [2.05, 4.69) is 36.1 Å². The molecule has 1 unspecified atom stereocenters. The second-order valence-electron chi connectivity index (χ2n) is 6.60. The van der Waals surface area contributed by atoms with Gasteiger partial charge in [0.15, 0.2) is 0 Å². The zero-order chi connectivity index (χ0) is 16.1. The first-order valence-electron chi connectivity index (χ1n) is 8.85. The molecule has 0 aliphatic carbocycles. The van der Waals surface area contributed by atoms with Crippen LogP contribution < -0.4 is 4.90 Å². The molecule has 0 bridgehead atoms. The minimum atomic E-state index is -0.329. The van der Waals surface area contributed by atoms with Crippen LogP contribution in [0.3, 0.4) is 0 Å². The van der Waals surface area contributed by atoms with E-state index in [1.54, 1.807) is 0 Å². The summed E-state index contributed by atoms with van der Waals surface area (Å²) >= 11 is 0. The number of benzene rings is 2. The number of hydrogen-bond acceptors (Lipinski definition) is 2.